The molecule has 0 amide bonds. The second-order valence-electron chi connectivity index (χ2n) is 11.8. The van der Waals surface area contributed by atoms with Crippen molar-refractivity contribution in [2.45, 2.75) is 44.0 Å². The maximum absolute atomic E-state index is 12.1. The molecule has 0 unspecified atom stereocenters. The van der Waals surface area contributed by atoms with Gasteiger partial charge in [-0.15, -0.1) is 0 Å². The SMILES string of the molecule is Cc1ccc2c3c(cccc13)C(/C=C/C=C/C=C/C=c1/c3cccc4c(S(=O)(=O)O)ccc(c43)n1CCCC(=O)O)=[N+]2CCCC(=O)O. The fourth-order valence-corrected chi connectivity index (χ4v) is 7.34. The summed E-state index contributed by atoms with van der Waals surface area (Å²) in [6.07, 6.45) is 14.5. The van der Waals surface area contributed by atoms with Gasteiger partial charge in [-0.05, 0) is 48.6 Å². The minimum absolute atomic E-state index is 0.00747. The molecule has 0 saturated carbocycles. The van der Waals surface area contributed by atoms with Gasteiger partial charge in [-0.1, -0.05) is 66.8 Å². The zero-order valence-electron chi connectivity index (χ0n) is 26.3. The van der Waals surface area contributed by atoms with E-state index in [1.165, 1.54) is 22.4 Å². The van der Waals surface area contributed by atoms with Gasteiger partial charge in [0.1, 0.15) is 11.4 Å². The van der Waals surface area contributed by atoms with E-state index in [9.17, 15) is 32.8 Å². The van der Waals surface area contributed by atoms with Crippen LogP contribution in [0, 0.1) is 6.92 Å². The molecule has 0 aliphatic carbocycles. The molecule has 4 aromatic carbocycles. The van der Waals surface area contributed by atoms with E-state index in [1.807, 2.05) is 59.2 Å². The molecule has 0 bridgehead atoms. The van der Waals surface area contributed by atoms with Crippen LogP contribution in [0.3, 0.4) is 0 Å². The molecule has 244 valence electrons. The van der Waals surface area contributed by atoms with Crippen LogP contribution in [0.4, 0.5) is 5.69 Å². The molecular formula is C38H35N2O7S+. The number of hydrogen-bond acceptors (Lipinski definition) is 4. The molecule has 0 fully saturated rings. The fraction of sp³-hybridized carbons (Fsp3) is 0.184. The first-order chi connectivity index (χ1) is 23.1. The summed E-state index contributed by atoms with van der Waals surface area (Å²) < 4.78 is 38.2. The Bertz CT molecular complexity index is 2400. The maximum Gasteiger partial charge on any atom is 0.303 e. The number of aryl methyl sites for hydroxylation is 2. The van der Waals surface area contributed by atoms with Gasteiger partial charge >= 0.3 is 11.9 Å². The topological polar surface area (TPSA) is 137 Å². The van der Waals surface area contributed by atoms with Crippen LogP contribution in [0.1, 0.15) is 36.8 Å². The summed E-state index contributed by atoms with van der Waals surface area (Å²) in [4.78, 5) is 22.3. The number of nitrogens with zero attached hydrogens (tertiary/aromatic N) is 2. The standard InChI is InChI=1S/C38H34N2O7S/c1-25-19-20-32-37-26(25)11-7-12-27(37)30(39(32)23-9-17-35(41)42)15-5-3-2-4-6-16-31-28-13-8-14-29-34(48(45,46)47)22-21-33(38(28)29)40(31)24-10-18-36(43)44/h2-8,11-16,19-22H,9-10,17-18,23-24H2,1H3,(H2-,41,42,43,44,45,46,47)/p+1. The first-order valence-electron chi connectivity index (χ1n) is 15.7. The van der Waals surface area contributed by atoms with Crippen molar-refractivity contribution in [1.82, 2.24) is 4.57 Å². The number of benzene rings is 4. The van der Waals surface area contributed by atoms with Crippen molar-refractivity contribution in [3.05, 3.63) is 114 Å². The Morgan fingerprint density at radius 3 is 2.25 bits per heavy atom. The van der Waals surface area contributed by atoms with Crippen LogP contribution in [0.25, 0.3) is 38.5 Å². The van der Waals surface area contributed by atoms with E-state index < -0.39 is 22.1 Å². The van der Waals surface area contributed by atoms with Crippen LogP contribution in [-0.4, -0.2) is 56.5 Å². The summed E-state index contributed by atoms with van der Waals surface area (Å²) in [6.45, 7) is 3.09. The minimum Gasteiger partial charge on any atom is -0.481 e. The van der Waals surface area contributed by atoms with Crippen molar-refractivity contribution in [1.29, 1.82) is 0 Å². The van der Waals surface area contributed by atoms with Gasteiger partial charge in [0, 0.05) is 58.6 Å². The van der Waals surface area contributed by atoms with E-state index in [4.69, 9.17) is 0 Å². The average Bonchev–Trinajstić information content (AvgIpc) is 3.51. The monoisotopic (exact) mass is 663 g/mol. The number of aliphatic carboxylic acids is 2. The van der Waals surface area contributed by atoms with Crippen molar-refractivity contribution in [2.24, 2.45) is 0 Å². The van der Waals surface area contributed by atoms with Gasteiger partial charge in [0.05, 0.1) is 17.4 Å². The first-order valence-corrected chi connectivity index (χ1v) is 17.1. The van der Waals surface area contributed by atoms with Crippen LogP contribution < -0.4 is 5.35 Å². The molecule has 0 saturated heterocycles. The van der Waals surface area contributed by atoms with Gasteiger partial charge < -0.3 is 14.8 Å². The fourth-order valence-electron chi connectivity index (χ4n) is 6.65. The number of allylic oxidation sites excluding steroid dienone is 6. The molecule has 1 aliphatic rings. The van der Waals surface area contributed by atoms with E-state index in [2.05, 4.69) is 35.8 Å². The van der Waals surface area contributed by atoms with E-state index in [0.717, 1.165) is 33.2 Å². The highest BCUT2D eigenvalue weighted by Gasteiger charge is 2.30. The summed E-state index contributed by atoms with van der Waals surface area (Å²) in [5, 5.41) is 23.5. The molecule has 3 N–H and O–H groups in total. The zero-order chi connectivity index (χ0) is 34.0. The van der Waals surface area contributed by atoms with Crippen LogP contribution in [0.2, 0.25) is 0 Å². The minimum atomic E-state index is -4.45. The molecule has 0 spiro atoms. The number of hydrogen-bond donors (Lipinski definition) is 3. The normalized spacial score (nSPS) is 14.0. The summed E-state index contributed by atoms with van der Waals surface area (Å²) >= 11 is 0. The predicted molar refractivity (Wildman–Crippen MR) is 188 cm³/mol. The third kappa shape index (κ3) is 6.32. The molecule has 10 heteroatoms. The largest absolute Gasteiger partial charge is 0.481 e. The highest BCUT2D eigenvalue weighted by Crippen LogP contribution is 2.37. The van der Waals surface area contributed by atoms with E-state index in [-0.39, 0.29) is 17.7 Å². The van der Waals surface area contributed by atoms with Gasteiger partial charge in [-0.25, -0.2) is 0 Å². The Balaban J connectivity index is 1.32. The van der Waals surface area contributed by atoms with Crippen LogP contribution in [-0.2, 0) is 26.3 Å². The van der Waals surface area contributed by atoms with Crippen LogP contribution in [0.5, 0.6) is 0 Å². The number of carbonyl (C=O) groups is 2. The molecule has 48 heavy (non-hydrogen) atoms. The van der Waals surface area contributed by atoms with Crippen LogP contribution >= 0.6 is 0 Å². The quantitative estimate of drug-likeness (QED) is 0.0739. The van der Waals surface area contributed by atoms with Gasteiger partial charge in [0.2, 0.25) is 11.4 Å². The first kappa shape index (κ1) is 32.6. The Labute approximate surface area is 277 Å². The lowest BCUT2D eigenvalue weighted by atomic mass is 9.99. The number of aromatic nitrogens is 1. The predicted octanol–water partition coefficient (Wildman–Crippen LogP) is 6.55. The Morgan fingerprint density at radius 2 is 1.48 bits per heavy atom. The van der Waals surface area contributed by atoms with Gasteiger partial charge in [-0.3, -0.25) is 14.1 Å². The third-order valence-corrected chi connectivity index (χ3v) is 9.62. The Kier molecular flexibility index (Phi) is 9.12. The molecule has 9 nitrogen and oxygen atoms in total. The van der Waals surface area contributed by atoms with E-state index in [1.54, 1.807) is 18.2 Å². The van der Waals surface area contributed by atoms with Crippen LogP contribution in [0.15, 0.2) is 102 Å². The molecular weight excluding hydrogens is 628 g/mol. The summed E-state index contributed by atoms with van der Waals surface area (Å²) in [5.74, 6) is -1.70. The summed E-state index contributed by atoms with van der Waals surface area (Å²) in [6, 6.07) is 18.8. The molecule has 0 atom stereocenters. The molecule has 2 heterocycles. The summed E-state index contributed by atoms with van der Waals surface area (Å²) in [5.41, 5.74) is 5.15. The molecule has 1 aliphatic heterocycles. The maximum atomic E-state index is 12.1. The third-order valence-electron chi connectivity index (χ3n) is 8.71. The second kappa shape index (κ2) is 13.4. The van der Waals surface area contributed by atoms with Crippen molar-refractivity contribution >= 4 is 72.0 Å². The lowest BCUT2D eigenvalue weighted by molar-refractivity contribution is -0.436. The smallest absolute Gasteiger partial charge is 0.303 e. The molecule has 6 rings (SSSR count). The number of carboxylic acids is 2. The van der Waals surface area contributed by atoms with E-state index in [0.29, 0.717) is 36.7 Å². The second-order valence-corrected chi connectivity index (χ2v) is 13.2. The number of rotatable bonds is 13. The number of carboxylic acid groups (broad SMARTS) is 2. The molecule has 1 aromatic heterocycles. The van der Waals surface area contributed by atoms with Gasteiger partial charge in [-0.2, -0.15) is 13.0 Å². The van der Waals surface area contributed by atoms with Crippen molar-refractivity contribution in [3.8, 4) is 0 Å². The van der Waals surface area contributed by atoms with E-state index >= 15 is 0 Å². The highest BCUT2D eigenvalue weighted by molar-refractivity contribution is 7.86. The lowest BCUT2D eigenvalue weighted by Gasteiger charge is -2.07. The highest BCUT2D eigenvalue weighted by atomic mass is 32.2. The Morgan fingerprint density at radius 1 is 0.792 bits per heavy atom. The van der Waals surface area contributed by atoms with Crippen molar-refractivity contribution in [3.63, 3.8) is 0 Å². The average molecular weight is 664 g/mol. The van der Waals surface area contributed by atoms with Gasteiger partial charge in [0.15, 0.2) is 0 Å². The molecule has 0 radical (unpaired) electrons. The summed E-state index contributed by atoms with van der Waals surface area (Å²) in [7, 11) is -4.45. The molecule has 5 aromatic rings. The van der Waals surface area contributed by atoms with Gasteiger partial charge in [0.25, 0.3) is 10.1 Å². The van der Waals surface area contributed by atoms with Crippen molar-refractivity contribution in [2.75, 3.05) is 6.54 Å². The Hall–Kier alpha value is -5.32. The lowest BCUT2D eigenvalue weighted by Crippen LogP contribution is -2.17. The van der Waals surface area contributed by atoms with Crippen molar-refractivity contribution < 1.29 is 37.3 Å². The zero-order valence-corrected chi connectivity index (χ0v) is 27.2.